The Bertz CT molecular complexity index is 492. The maximum atomic E-state index is 12.6. The topological polar surface area (TPSA) is 75.8 Å². The van der Waals surface area contributed by atoms with Crippen molar-refractivity contribution in [1.29, 1.82) is 0 Å². The first-order valence-electron chi connectivity index (χ1n) is 6.28. The van der Waals surface area contributed by atoms with Crippen LogP contribution in [0.1, 0.15) is 17.3 Å². The number of nitrogens with two attached hydrogens (primary N) is 1. The minimum Gasteiger partial charge on any atom is -0.462 e. The summed E-state index contributed by atoms with van der Waals surface area (Å²) < 4.78 is 42.8. The van der Waals surface area contributed by atoms with Gasteiger partial charge >= 0.3 is 12.1 Å². The highest BCUT2D eigenvalue weighted by Gasteiger charge is 2.33. The number of nitrogen functional groups attached to an aromatic ring is 1. The number of benzene rings is 1. The molecule has 0 radical (unpaired) electrons. The summed E-state index contributed by atoms with van der Waals surface area (Å²) in [4.78, 5) is 12.7. The van der Waals surface area contributed by atoms with E-state index in [1.54, 1.807) is 6.92 Å². The quantitative estimate of drug-likeness (QED) is 0.619. The number of carbonyl (C=O) groups excluding carboxylic acids is 1. The van der Waals surface area contributed by atoms with Crippen LogP contribution in [0.2, 0.25) is 0 Å². The Hall–Kier alpha value is -1.96. The fourth-order valence-electron chi connectivity index (χ4n) is 1.89. The average Bonchev–Trinajstić information content (AvgIpc) is 2.36. The minimum absolute atomic E-state index is 0.0123. The van der Waals surface area contributed by atoms with Gasteiger partial charge in [0.05, 0.1) is 30.2 Å². The molecule has 0 aliphatic heterocycles. The Kier molecular flexibility index (Phi) is 5.83. The minimum atomic E-state index is -4.50. The number of carbonyl (C=O) groups is 1. The van der Waals surface area contributed by atoms with Gasteiger partial charge in [0.1, 0.15) is 6.54 Å². The smallest absolute Gasteiger partial charge is 0.405 e. The lowest BCUT2D eigenvalue weighted by Gasteiger charge is -2.28. The van der Waals surface area contributed by atoms with Crippen LogP contribution in [0.15, 0.2) is 18.2 Å². The highest BCUT2D eigenvalue weighted by Crippen LogP contribution is 2.31. The fourth-order valence-corrected chi connectivity index (χ4v) is 1.89. The standard InChI is InChI=1S/C13H17F3N2O3/c1-2-21-12(20)9-4-3-5-10(17)11(9)18(6-7-19)8-13(14,15)16/h3-5,19H,2,6-8,17H2,1H3. The molecule has 0 heterocycles. The van der Waals surface area contributed by atoms with Gasteiger partial charge in [-0.2, -0.15) is 13.2 Å². The van der Waals surface area contributed by atoms with Gasteiger partial charge in [0.25, 0.3) is 0 Å². The Labute approximate surface area is 120 Å². The first kappa shape index (κ1) is 17.1. The second-order valence-electron chi connectivity index (χ2n) is 4.22. The van der Waals surface area contributed by atoms with E-state index >= 15 is 0 Å². The number of ether oxygens (including phenoxy) is 1. The lowest BCUT2D eigenvalue weighted by Crippen LogP contribution is -2.37. The SMILES string of the molecule is CCOC(=O)c1cccc(N)c1N(CCO)CC(F)(F)F. The highest BCUT2D eigenvalue weighted by molar-refractivity contribution is 5.99. The predicted octanol–water partition coefficient (Wildman–Crippen LogP) is 1.81. The summed E-state index contributed by atoms with van der Waals surface area (Å²) in [6, 6.07) is 4.18. The third-order valence-corrected chi connectivity index (χ3v) is 2.62. The Morgan fingerprint density at radius 3 is 2.62 bits per heavy atom. The molecule has 1 aromatic rings. The maximum Gasteiger partial charge on any atom is 0.405 e. The van der Waals surface area contributed by atoms with Crippen LogP contribution in [0.4, 0.5) is 24.5 Å². The molecule has 0 spiro atoms. The molecular weight excluding hydrogens is 289 g/mol. The molecule has 0 aromatic heterocycles. The summed E-state index contributed by atoms with van der Waals surface area (Å²) in [5, 5.41) is 8.95. The molecule has 0 bridgehead atoms. The van der Waals surface area contributed by atoms with E-state index < -0.39 is 25.3 Å². The molecule has 5 nitrogen and oxygen atoms in total. The largest absolute Gasteiger partial charge is 0.462 e. The van der Waals surface area contributed by atoms with E-state index in [1.807, 2.05) is 0 Å². The first-order valence-corrected chi connectivity index (χ1v) is 6.28. The summed E-state index contributed by atoms with van der Waals surface area (Å²) in [6.07, 6.45) is -4.50. The van der Waals surface area contributed by atoms with E-state index in [2.05, 4.69) is 0 Å². The van der Waals surface area contributed by atoms with E-state index in [9.17, 15) is 18.0 Å². The van der Waals surface area contributed by atoms with Gasteiger partial charge in [-0.3, -0.25) is 0 Å². The zero-order valence-electron chi connectivity index (χ0n) is 11.5. The van der Waals surface area contributed by atoms with Gasteiger partial charge in [-0.1, -0.05) is 6.07 Å². The van der Waals surface area contributed by atoms with E-state index in [0.717, 1.165) is 4.90 Å². The van der Waals surface area contributed by atoms with E-state index in [1.165, 1.54) is 18.2 Å². The Morgan fingerprint density at radius 2 is 2.10 bits per heavy atom. The molecule has 0 amide bonds. The lowest BCUT2D eigenvalue weighted by atomic mass is 10.1. The zero-order chi connectivity index (χ0) is 16.0. The number of nitrogens with zero attached hydrogens (tertiary/aromatic N) is 1. The van der Waals surface area contributed by atoms with Crippen molar-refractivity contribution in [1.82, 2.24) is 0 Å². The molecule has 0 aliphatic rings. The number of aliphatic hydroxyl groups excluding tert-OH is 1. The fraction of sp³-hybridized carbons (Fsp3) is 0.462. The second-order valence-corrected chi connectivity index (χ2v) is 4.22. The molecule has 1 rings (SSSR count). The van der Waals surface area contributed by atoms with Gasteiger partial charge in [0, 0.05) is 6.54 Å². The van der Waals surface area contributed by atoms with Gasteiger partial charge in [-0.05, 0) is 19.1 Å². The molecule has 0 unspecified atom stereocenters. The molecule has 0 saturated heterocycles. The number of hydrogen-bond donors (Lipinski definition) is 2. The number of para-hydroxylation sites is 1. The van der Waals surface area contributed by atoms with Crippen LogP contribution >= 0.6 is 0 Å². The molecule has 0 atom stereocenters. The van der Waals surface area contributed by atoms with Crippen LogP contribution in [-0.2, 0) is 4.74 Å². The van der Waals surface area contributed by atoms with E-state index in [4.69, 9.17) is 15.6 Å². The number of anilines is 2. The van der Waals surface area contributed by atoms with Gasteiger partial charge in [-0.25, -0.2) is 4.79 Å². The van der Waals surface area contributed by atoms with Crippen molar-refractivity contribution < 1.29 is 27.8 Å². The van der Waals surface area contributed by atoms with Crippen molar-refractivity contribution in [3.05, 3.63) is 23.8 Å². The summed E-state index contributed by atoms with van der Waals surface area (Å²) >= 11 is 0. The lowest BCUT2D eigenvalue weighted by molar-refractivity contribution is -0.119. The molecule has 0 aliphatic carbocycles. The second kappa shape index (κ2) is 7.16. The Morgan fingerprint density at radius 1 is 1.43 bits per heavy atom. The molecular formula is C13H17F3N2O3. The monoisotopic (exact) mass is 306 g/mol. The molecule has 1 aromatic carbocycles. The average molecular weight is 306 g/mol. The normalized spacial score (nSPS) is 11.3. The van der Waals surface area contributed by atoms with Crippen molar-refractivity contribution in [3.8, 4) is 0 Å². The molecule has 3 N–H and O–H groups in total. The van der Waals surface area contributed by atoms with E-state index in [0.29, 0.717) is 0 Å². The van der Waals surface area contributed by atoms with Crippen molar-refractivity contribution in [2.45, 2.75) is 13.1 Å². The molecule has 0 fully saturated rings. The van der Waals surface area contributed by atoms with Gasteiger partial charge in [0.15, 0.2) is 0 Å². The number of rotatable bonds is 6. The van der Waals surface area contributed by atoms with Crippen LogP contribution in [0.3, 0.4) is 0 Å². The van der Waals surface area contributed by atoms with Crippen LogP contribution in [0.25, 0.3) is 0 Å². The van der Waals surface area contributed by atoms with Crippen LogP contribution in [-0.4, -0.2) is 43.6 Å². The summed E-state index contributed by atoms with van der Waals surface area (Å²) in [5.74, 6) is -0.759. The van der Waals surface area contributed by atoms with Crippen LogP contribution < -0.4 is 10.6 Å². The highest BCUT2D eigenvalue weighted by atomic mass is 19.4. The maximum absolute atomic E-state index is 12.6. The van der Waals surface area contributed by atoms with Crippen molar-refractivity contribution in [3.63, 3.8) is 0 Å². The number of hydrogen-bond acceptors (Lipinski definition) is 5. The number of esters is 1. The first-order chi connectivity index (χ1) is 9.80. The van der Waals surface area contributed by atoms with Gasteiger partial charge < -0.3 is 20.5 Å². The van der Waals surface area contributed by atoms with Gasteiger partial charge in [-0.15, -0.1) is 0 Å². The molecule has 21 heavy (non-hydrogen) atoms. The number of alkyl halides is 3. The molecule has 118 valence electrons. The van der Waals surface area contributed by atoms with Crippen molar-refractivity contribution >= 4 is 17.3 Å². The third kappa shape index (κ3) is 4.82. The summed E-state index contributed by atoms with van der Waals surface area (Å²) in [6.45, 7) is -0.460. The summed E-state index contributed by atoms with van der Waals surface area (Å²) in [5.41, 5.74) is 5.58. The third-order valence-electron chi connectivity index (χ3n) is 2.62. The van der Waals surface area contributed by atoms with E-state index in [-0.39, 0.29) is 30.1 Å². The van der Waals surface area contributed by atoms with Crippen LogP contribution in [0.5, 0.6) is 0 Å². The zero-order valence-corrected chi connectivity index (χ0v) is 11.5. The predicted molar refractivity (Wildman–Crippen MR) is 72.2 cm³/mol. The Balaban J connectivity index is 3.25. The number of aliphatic hydroxyl groups is 1. The molecule has 8 heteroatoms. The van der Waals surface area contributed by atoms with Crippen molar-refractivity contribution in [2.75, 3.05) is 36.9 Å². The van der Waals surface area contributed by atoms with Gasteiger partial charge in [0.2, 0.25) is 0 Å². The molecule has 0 saturated carbocycles. The summed E-state index contributed by atoms with van der Waals surface area (Å²) in [7, 11) is 0. The van der Waals surface area contributed by atoms with Crippen molar-refractivity contribution in [2.24, 2.45) is 0 Å². The van der Waals surface area contributed by atoms with Crippen LogP contribution in [0, 0.1) is 0 Å². The number of halogens is 3.